The van der Waals surface area contributed by atoms with E-state index in [1.165, 1.54) is 16.7 Å². The minimum Gasteiger partial charge on any atom is -0.268 e. The van der Waals surface area contributed by atoms with Gasteiger partial charge in [0, 0.05) is 12.4 Å². The van der Waals surface area contributed by atoms with E-state index >= 15 is 0 Å². The van der Waals surface area contributed by atoms with Crippen molar-refractivity contribution >= 4 is 5.65 Å². The Labute approximate surface area is 97.9 Å². The van der Waals surface area contributed by atoms with Crippen LogP contribution >= 0.6 is 0 Å². The Morgan fingerprint density at radius 3 is 3.18 bits per heavy atom. The second kappa shape index (κ2) is 3.48. The zero-order valence-corrected chi connectivity index (χ0v) is 8.80. The monoisotopic (exact) mass is 230 g/mol. The lowest BCUT2D eigenvalue weighted by Crippen LogP contribution is -2.17. The van der Waals surface area contributed by atoms with Crippen molar-refractivity contribution in [2.24, 2.45) is 0 Å². The van der Waals surface area contributed by atoms with Crippen molar-refractivity contribution in [1.82, 2.24) is 30.0 Å². The number of tetrazole rings is 1. The predicted molar refractivity (Wildman–Crippen MR) is 59.4 cm³/mol. The smallest absolute Gasteiger partial charge is 0.268 e. The zero-order valence-electron chi connectivity index (χ0n) is 10.8. The lowest BCUT2D eigenvalue weighted by Gasteiger charge is -2.03. The van der Waals surface area contributed by atoms with E-state index in [9.17, 15) is 4.79 Å². The Bertz CT molecular complexity index is 826. The van der Waals surface area contributed by atoms with Crippen LogP contribution in [0.3, 0.4) is 0 Å². The molecule has 17 heavy (non-hydrogen) atoms. The lowest BCUT2D eigenvalue weighted by molar-refractivity contribution is 0.881. The standard InChI is InChI=1S/C10H8N6O/c1-6-3-2-4-16-9(6)11-5-7(10(16)17)8-12-14-15-13-8/h2-5H,1H3,(H,12,13,14,15)/i3D,5D. The van der Waals surface area contributed by atoms with Gasteiger partial charge in [0.15, 0.2) is 0 Å². The molecule has 0 bridgehead atoms. The zero-order chi connectivity index (χ0) is 13.6. The molecule has 0 amide bonds. The van der Waals surface area contributed by atoms with Crippen LogP contribution in [0.4, 0.5) is 0 Å². The Morgan fingerprint density at radius 2 is 2.41 bits per heavy atom. The van der Waals surface area contributed by atoms with Gasteiger partial charge >= 0.3 is 0 Å². The highest BCUT2D eigenvalue weighted by atomic mass is 16.1. The summed E-state index contributed by atoms with van der Waals surface area (Å²) >= 11 is 0. The molecular formula is C10H8N6O. The second-order valence-electron chi connectivity index (χ2n) is 3.42. The van der Waals surface area contributed by atoms with E-state index in [0.717, 1.165) is 0 Å². The molecule has 0 unspecified atom stereocenters. The van der Waals surface area contributed by atoms with Gasteiger partial charge in [0.25, 0.3) is 5.56 Å². The van der Waals surface area contributed by atoms with Crippen molar-refractivity contribution in [3.8, 4) is 11.4 Å². The summed E-state index contributed by atoms with van der Waals surface area (Å²) in [5, 5.41) is 13.0. The normalized spacial score (nSPS) is 12.5. The highest BCUT2D eigenvalue weighted by molar-refractivity contribution is 5.55. The highest BCUT2D eigenvalue weighted by Crippen LogP contribution is 2.09. The topological polar surface area (TPSA) is 88.8 Å². The first-order chi connectivity index (χ1) is 9.09. The van der Waals surface area contributed by atoms with Crippen molar-refractivity contribution in [3.63, 3.8) is 0 Å². The van der Waals surface area contributed by atoms with E-state index in [1.807, 2.05) is 0 Å². The summed E-state index contributed by atoms with van der Waals surface area (Å²) in [6.45, 7) is 1.68. The summed E-state index contributed by atoms with van der Waals surface area (Å²) < 4.78 is 16.8. The molecule has 0 saturated carbocycles. The van der Waals surface area contributed by atoms with Gasteiger partial charge in [-0.2, -0.15) is 5.21 Å². The number of nitrogens with zero attached hydrogens (tertiary/aromatic N) is 5. The third-order valence-corrected chi connectivity index (χ3v) is 2.36. The molecular weight excluding hydrogens is 220 g/mol. The van der Waals surface area contributed by atoms with E-state index in [0.29, 0.717) is 5.56 Å². The SMILES string of the molecule is [2H]c1ccn2c(=O)c(-c3nn[nH]n3)c([2H])nc2c1C. The van der Waals surface area contributed by atoms with Gasteiger partial charge in [0.1, 0.15) is 11.2 Å². The van der Waals surface area contributed by atoms with Crippen LogP contribution in [0.2, 0.25) is 0 Å². The fourth-order valence-corrected chi connectivity index (χ4v) is 1.54. The maximum absolute atomic E-state index is 12.3. The van der Waals surface area contributed by atoms with Gasteiger partial charge in [-0.1, -0.05) is 6.04 Å². The molecule has 7 heteroatoms. The number of pyridine rings is 1. The number of hydrogen-bond donors (Lipinski definition) is 1. The Morgan fingerprint density at radius 1 is 1.53 bits per heavy atom. The molecule has 7 nitrogen and oxygen atoms in total. The van der Waals surface area contributed by atoms with Gasteiger partial charge in [0.05, 0.1) is 2.74 Å². The number of H-pyrrole nitrogens is 1. The number of nitrogens with one attached hydrogen (secondary N) is 1. The first-order valence-corrected chi connectivity index (χ1v) is 4.82. The molecule has 3 aromatic rings. The minimum absolute atomic E-state index is 0.0246. The summed E-state index contributed by atoms with van der Waals surface area (Å²) in [7, 11) is 0. The third-order valence-electron chi connectivity index (χ3n) is 2.36. The third kappa shape index (κ3) is 1.40. The van der Waals surface area contributed by atoms with Crippen LogP contribution in [-0.4, -0.2) is 30.0 Å². The average Bonchev–Trinajstić information content (AvgIpc) is 2.88. The first-order valence-electron chi connectivity index (χ1n) is 5.82. The first kappa shape index (κ1) is 7.66. The molecule has 1 N–H and O–H groups in total. The maximum atomic E-state index is 12.3. The number of fused-ring (bicyclic) bond motifs is 1. The van der Waals surface area contributed by atoms with Gasteiger partial charge in [-0.05, 0) is 23.8 Å². The van der Waals surface area contributed by atoms with Crippen LogP contribution in [0, 0.1) is 6.92 Å². The summed E-state index contributed by atoms with van der Waals surface area (Å²) in [5.41, 5.74) is 0.338. The molecule has 0 aliphatic heterocycles. The molecule has 0 aliphatic rings. The van der Waals surface area contributed by atoms with Gasteiger partial charge in [-0.25, -0.2) is 4.98 Å². The van der Waals surface area contributed by atoms with Crippen LogP contribution < -0.4 is 5.56 Å². The number of aromatic nitrogens is 6. The second-order valence-corrected chi connectivity index (χ2v) is 3.42. The molecule has 0 atom stereocenters. The molecule has 0 saturated heterocycles. The van der Waals surface area contributed by atoms with Crippen LogP contribution in [-0.2, 0) is 0 Å². The van der Waals surface area contributed by atoms with E-state index in [-0.39, 0.29) is 29.3 Å². The molecule has 84 valence electrons. The molecule has 0 fully saturated rings. The summed E-state index contributed by atoms with van der Waals surface area (Å²) in [6.07, 6.45) is 1.21. The van der Waals surface area contributed by atoms with E-state index in [4.69, 9.17) is 2.74 Å². The van der Waals surface area contributed by atoms with Crippen molar-refractivity contribution < 1.29 is 2.74 Å². The fourth-order valence-electron chi connectivity index (χ4n) is 1.54. The fraction of sp³-hybridized carbons (Fsp3) is 0.100. The van der Waals surface area contributed by atoms with Crippen LogP contribution in [0.15, 0.2) is 29.3 Å². The summed E-state index contributed by atoms with van der Waals surface area (Å²) in [5.74, 6) is 0.0319. The number of aromatic amines is 1. The van der Waals surface area contributed by atoms with Crippen molar-refractivity contribution in [2.45, 2.75) is 6.92 Å². The number of hydrogen-bond acceptors (Lipinski definition) is 5. The molecule has 3 aromatic heterocycles. The Balaban J connectivity index is 2.46. The van der Waals surface area contributed by atoms with Gasteiger partial charge in [-0.3, -0.25) is 9.20 Å². The Kier molecular flexibility index (Phi) is 1.57. The van der Waals surface area contributed by atoms with Crippen molar-refractivity contribution in [3.05, 3.63) is 40.4 Å². The maximum Gasteiger partial charge on any atom is 0.269 e. The largest absolute Gasteiger partial charge is 0.269 e. The lowest BCUT2D eigenvalue weighted by atomic mass is 10.2. The number of rotatable bonds is 1. The molecule has 0 aliphatic carbocycles. The Hall–Kier alpha value is -2.57. The van der Waals surface area contributed by atoms with Crippen LogP contribution in [0.5, 0.6) is 0 Å². The van der Waals surface area contributed by atoms with Crippen LogP contribution in [0.25, 0.3) is 17.0 Å². The molecule has 3 rings (SSSR count). The van der Waals surface area contributed by atoms with E-state index in [2.05, 4.69) is 25.6 Å². The molecule has 0 radical (unpaired) electrons. The molecule has 0 aromatic carbocycles. The molecule has 3 heterocycles. The van der Waals surface area contributed by atoms with Crippen molar-refractivity contribution in [1.29, 1.82) is 0 Å². The quantitative estimate of drug-likeness (QED) is 0.644. The van der Waals surface area contributed by atoms with Crippen LogP contribution in [0.1, 0.15) is 8.30 Å². The summed E-state index contributed by atoms with van der Waals surface area (Å²) in [6, 6.07) is 1.76. The predicted octanol–water partition coefficient (Wildman–Crippen LogP) is 0.183. The van der Waals surface area contributed by atoms with E-state index in [1.54, 1.807) is 6.92 Å². The van der Waals surface area contributed by atoms with Crippen molar-refractivity contribution in [2.75, 3.05) is 0 Å². The minimum atomic E-state index is -0.459. The molecule has 0 spiro atoms. The highest BCUT2D eigenvalue weighted by Gasteiger charge is 2.11. The van der Waals surface area contributed by atoms with Gasteiger partial charge < -0.3 is 0 Å². The van der Waals surface area contributed by atoms with Gasteiger partial charge in [0.2, 0.25) is 5.82 Å². The average molecular weight is 230 g/mol. The van der Waals surface area contributed by atoms with Gasteiger partial charge in [-0.15, -0.1) is 10.2 Å². The summed E-state index contributed by atoms with van der Waals surface area (Å²) in [4.78, 5) is 16.4. The number of aryl methyl sites for hydroxylation is 1. The van der Waals surface area contributed by atoms with E-state index < -0.39 is 5.56 Å².